The molecular formula is C16H22N4. The van der Waals surface area contributed by atoms with E-state index < -0.39 is 0 Å². The van der Waals surface area contributed by atoms with Crippen molar-refractivity contribution in [1.29, 1.82) is 0 Å². The van der Waals surface area contributed by atoms with Crippen LogP contribution in [-0.2, 0) is 19.4 Å². The smallest absolute Gasteiger partial charge is 0.0955 e. The third-order valence-corrected chi connectivity index (χ3v) is 3.84. The normalized spacial score (nSPS) is 14.1. The molecule has 1 aliphatic carbocycles. The van der Waals surface area contributed by atoms with E-state index in [4.69, 9.17) is 0 Å². The Balaban J connectivity index is 1.75. The molecule has 1 N–H and O–H groups in total. The molecule has 106 valence electrons. The number of hydrogen-bond donors (Lipinski definition) is 1. The first-order valence-corrected chi connectivity index (χ1v) is 7.58. The lowest BCUT2D eigenvalue weighted by molar-refractivity contribution is 0.625. The van der Waals surface area contributed by atoms with Gasteiger partial charge in [0.2, 0.25) is 0 Å². The molecule has 2 heterocycles. The summed E-state index contributed by atoms with van der Waals surface area (Å²) < 4.78 is 2.26. The number of aromatic nitrogens is 3. The molecule has 3 rings (SSSR count). The van der Waals surface area contributed by atoms with Gasteiger partial charge in [-0.25, -0.2) is 4.98 Å². The Kier molecular flexibility index (Phi) is 4.00. The van der Waals surface area contributed by atoms with Gasteiger partial charge >= 0.3 is 0 Å². The summed E-state index contributed by atoms with van der Waals surface area (Å²) in [5.41, 5.74) is 4.95. The van der Waals surface area contributed by atoms with E-state index in [9.17, 15) is 0 Å². The first-order chi connectivity index (χ1) is 9.86. The number of imidazole rings is 1. The number of nitrogens with zero attached hydrogens (tertiary/aromatic N) is 3. The lowest BCUT2D eigenvalue weighted by atomic mass is 10.0. The second kappa shape index (κ2) is 6.07. The van der Waals surface area contributed by atoms with Crippen molar-refractivity contribution in [3.8, 4) is 0 Å². The third kappa shape index (κ3) is 2.84. The van der Waals surface area contributed by atoms with Crippen molar-refractivity contribution in [3.63, 3.8) is 0 Å². The maximum absolute atomic E-state index is 4.54. The van der Waals surface area contributed by atoms with E-state index in [1.807, 2.05) is 18.6 Å². The van der Waals surface area contributed by atoms with Gasteiger partial charge in [-0.2, -0.15) is 0 Å². The predicted octanol–water partition coefficient (Wildman–Crippen LogP) is 3.03. The summed E-state index contributed by atoms with van der Waals surface area (Å²) in [4.78, 5) is 9.03. The van der Waals surface area contributed by atoms with Crippen molar-refractivity contribution in [2.75, 3.05) is 11.9 Å². The van der Waals surface area contributed by atoms with Crippen LogP contribution in [0.4, 0.5) is 5.69 Å². The minimum absolute atomic E-state index is 0.823. The van der Waals surface area contributed by atoms with Crippen molar-refractivity contribution < 1.29 is 0 Å². The van der Waals surface area contributed by atoms with Crippen LogP contribution in [0.25, 0.3) is 0 Å². The number of aryl methyl sites for hydroxylation is 1. The Morgan fingerprint density at radius 2 is 2.15 bits per heavy atom. The minimum atomic E-state index is 0.823. The molecule has 0 atom stereocenters. The van der Waals surface area contributed by atoms with E-state index in [-0.39, 0.29) is 0 Å². The van der Waals surface area contributed by atoms with Crippen LogP contribution in [0.15, 0.2) is 24.7 Å². The van der Waals surface area contributed by atoms with E-state index in [1.54, 1.807) is 0 Å². The van der Waals surface area contributed by atoms with Gasteiger partial charge in [-0.1, -0.05) is 6.92 Å². The topological polar surface area (TPSA) is 42.7 Å². The van der Waals surface area contributed by atoms with Gasteiger partial charge in [0.25, 0.3) is 0 Å². The Bertz CT molecular complexity index is 574. The van der Waals surface area contributed by atoms with E-state index >= 15 is 0 Å². The monoisotopic (exact) mass is 270 g/mol. The summed E-state index contributed by atoms with van der Waals surface area (Å²) >= 11 is 0. The summed E-state index contributed by atoms with van der Waals surface area (Å²) in [6.07, 6.45) is 9.84. The fourth-order valence-electron chi connectivity index (χ4n) is 2.79. The number of nitrogens with one attached hydrogen (secondary N) is 1. The molecule has 0 amide bonds. The summed E-state index contributed by atoms with van der Waals surface area (Å²) in [5.74, 6) is 0. The molecule has 0 aromatic carbocycles. The Hall–Kier alpha value is -1.84. The zero-order chi connectivity index (χ0) is 13.8. The van der Waals surface area contributed by atoms with Gasteiger partial charge in [-0.3, -0.25) is 4.98 Å². The molecule has 20 heavy (non-hydrogen) atoms. The van der Waals surface area contributed by atoms with E-state index in [2.05, 4.69) is 32.8 Å². The van der Waals surface area contributed by atoms with Crippen LogP contribution in [-0.4, -0.2) is 21.1 Å². The van der Waals surface area contributed by atoms with Gasteiger partial charge in [0.15, 0.2) is 0 Å². The maximum atomic E-state index is 4.54. The van der Waals surface area contributed by atoms with Crippen molar-refractivity contribution in [3.05, 3.63) is 41.7 Å². The van der Waals surface area contributed by atoms with Crippen LogP contribution in [0.5, 0.6) is 0 Å². The van der Waals surface area contributed by atoms with Crippen LogP contribution in [0.3, 0.4) is 0 Å². The average molecular weight is 270 g/mol. The average Bonchev–Trinajstić information content (AvgIpc) is 2.89. The van der Waals surface area contributed by atoms with Crippen LogP contribution in [0, 0.1) is 0 Å². The molecule has 4 heteroatoms. The Morgan fingerprint density at radius 3 is 3.05 bits per heavy atom. The first-order valence-electron chi connectivity index (χ1n) is 7.58. The van der Waals surface area contributed by atoms with E-state index in [1.165, 1.54) is 24.2 Å². The Morgan fingerprint density at radius 1 is 1.25 bits per heavy atom. The first kappa shape index (κ1) is 13.2. The minimum Gasteiger partial charge on any atom is -0.385 e. The molecule has 0 aliphatic heterocycles. The SMILES string of the molecule is CCCNc1ccnc(Cn2cnc3c2CCCC3)c1. The van der Waals surface area contributed by atoms with Crippen LogP contribution < -0.4 is 5.32 Å². The largest absolute Gasteiger partial charge is 0.385 e. The van der Waals surface area contributed by atoms with Gasteiger partial charge in [0.1, 0.15) is 0 Å². The Labute approximate surface area is 120 Å². The summed E-state index contributed by atoms with van der Waals surface area (Å²) in [6, 6.07) is 4.17. The predicted molar refractivity (Wildman–Crippen MR) is 81.0 cm³/mol. The van der Waals surface area contributed by atoms with E-state index in [0.29, 0.717) is 0 Å². The number of anilines is 1. The lowest BCUT2D eigenvalue weighted by Crippen LogP contribution is -2.10. The maximum Gasteiger partial charge on any atom is 0.0955 e. The number of hydrogen-bond acceptors (Lipinski definition) is 3. The molecule has 0 radical (unpaired) electrons. The zero-order valence-electron chi connectivity index (χ0n) is 12.1. The standard InChI is InChI=1S/C16H22N4/c1-2-8-17-13-7-9-18-14(10-13)11-20-12-19-15-5-3-4-6-16(15)20/h7,9-10,12H,2-6,8,11H2,1H3,(H,17,18). The van der Waals surface area contributed by atoms with E-state index in [0.717, 1.165) is 43.7 Å². The fourth-order valence-corrected chi connectivity index (χ4v) is 2.79. The zero-order valence-corrected chi connectivity index (χ0v) is 12.1. The summed E-state index contributed by atoms with van der Waals surface area (Å²) in [6.45, 7) is 4.00. The molecule has 2 aromatic heterocycles. The second-order valence-corrected chi connectivity index (χ2v) is 5.44. The molecule has 0 fully saturated rings. The third-order valence-electron chi connectivity index (χ3n) is 3.84. The molecule has 0 spiro atoms. The van der Waals surface area contributed by atoms with Gasteiger partial charge < -0.3 is 9.88 Å². The van der Waals surface area contributed by atoms with Gasteiger partial charge in [0.05, 0.1) is 24.3 Å². The lowest BCUT2D eigenvalue weighted by Gasteiger charge is -2.14. The molecular weight excluding hydrogens is 248 g/mol. The molecule has 0 saturated carbocycles. The second-order valence-electron chi connectivity index (χ2n) is 5.44. The molecule has 0 saturated heterocycles. The van der Waals surface area contributed by atoms with Gasteiger partial charge in [-0.05, 0) is 44.2 Å². The highest BCUT2D eigenvalue weighted by atomic mass is 15.1. The molecule has 0 unspecified atom stereocenters. The van der Waals surface area contributed by atoms with Crippen LogP contribution >= 0.6 is 0 Å². The molecule has 4 nitrogen and oxygen atoms in total. The molecule has 0 bridgehead atoms. The highest BCUT2D eigenvalue weighted by Gasteiger charge is 2.15. The summed E-state index contributed by atoms with van der Waals surface area (Å²) in [7, 11) is 0. The van der Waals surface area contributed by atoms with Crippen molar-refractivity contribution >= 4 is 5.69 Å². The quantitative estimate of drug-likeness (QED) is 0.908. The van der Waals surface area contributed by atoms with Gasteiger partial charge in [0, 0.05) is 24.1 Å². The fraction of sp³-hybridized carbons (Fsp3) is 0.500. The molecule has 2 aromatic rings. The number of pyridine rings is 1. The van der Waals surface area contributed by atoms with Crippen molar-refractivity contribution in [1.82, 2.24) is 14.5 Å². The van der Waals surface area contributed by atoms with Crippen molar-refractivity contribution in [2.24, 2.45) is 0 Å². The van der Waals surface area contributed by atoms with Crippen molar-refractivity contribution in [2.45, 2.75) is 45.6 Å². The van der Waals surface area contributed by atoms with Crippen LogP contribution in [0.1, 0.15) is 43.3 Å². The number of fused-ring (bicyclic) bond motifs is 1. The van der Waals surface area contributed by atoms with Gasteiger partial charge in [-0.15, -0.1) is 0 Å². The highest BCUT2D eigenvalue weighted by molar-refractivity contribution is 5.43. The highest BCUT2D eigenvalue weighted by Crippen LogP contribution is 2.20. The van der Waals surface area contributed by atoms with Crippen LogP contribution in [0.2, 0.25) is 0 Å². The molecule has 1 aliphatic rings. The number of rotatable bonds is 5. The summed E-state index contributed by atoms with van der Waals surface area (Å²) in [5, 5.41) is 3.41.